The first-order valence-corrected chi connectivity index (χ1v) is 5.01. The number of halogens is 1. The van der Waals surface area contributed by atoms with Gasteiger partial charge in [-0.2, -0.15) is 9.49 Å². The van der Waals surface area contributed by atoms with Gasteiger partial charge in [0.15, 0.2) is 0 Å². The van der Waals surface area contributed by atoms with E-state index in [1.807, 2.05) is 0 Å². The van der Waals surface area contributed by atoms with Crippen LogP contribution in [0.25, 0.3) is 0 Å². The Hall–Kier alpha value is -2.24. The molecule has 0 saturated heterocycles. The summed E-state index contributed by atoms with van der Waals surface area (Å²) in [5.41, 5.74) is 1.17. The highest BCUT2D eigenvalue weighted by Crippen LogP contribution is 2.07. The summed E-state index contributed by atoms with van der Waals surface area (Å²) in [4.78, 5) is 16.8. The monoisotopic (exact) mass is 234 g/mol. The predicted octanol–water partition coefficient (Wildman–Crippen LogP) is 1.22. The maximum absolute atomic E-state index is 12.9. The van der Waals surface area contributed by atoms with E-state index in [2.05, 4.69) is 15.2 Å². The van der Waals surface area contributed by atoms with Crippen LogP contribution in [0.1, 0.15) is 15.9 Å². The third kappa shape index (κ3) is 2.66. The number of aromatic nitrogens is 3. The average Bonchev–Trinajstić information content (AvgIpc) is 2.80. The zero-order chi connectivity index (χ0) is 12.3. The van der Waals surface area contributed by atoms with E-state index in [-0.39, 0.29) is 11.5 Å². The van der Waals surface area contributed by atoms with E-state index >= 15 is 0 Å². The number of carbonyl (C=O) groups excluding carboxylic acids is 1. The van der Waals surface area contributed by atoms with Crippen LogP contribution in [0.5, 0.6) is 0 Å². The van der Waals surface area contributed by atoms with Crippen molar-refractivity contribution in [2.24, 2.45) is 0 Å². The third-order valence-electron chi connectivity index (χ3n) is 2.29. The van der Waals surface area contributed by atoms with E-state index in [0.717, 1.165) is 11.6 Å². The van der Waals surface area contributed by atoms with Crippen molar-refractivity contribution in [1.82, 2.24) is 20.1 Å². The third-order valence-corrected chi connectivity index (χ3v) is 2.29. The summed E-state index contributed by atoms with van der Waals surface area (Å²) < 4.78 is 12.9. The fraction of sp³-hybridized carbons (Fsp3) is 0.182. The first kappa shape index (κ1) is 11.3. The molecular weight excluding hydrogens is 223 g/mol. The van der Waals surface area contributed by atoms with Gasteiger partial charge in [0.1, 0.15) is 0 Å². The molecule has 2 aromatic rings. The van der Waals surface area contributed by atoms with E-state index in [4.69, 9.17) is 0 Å². The normalized spacial score (nSPS) is 10.2. The van der Waals surface area contributed by atoms with Crippen LogP contribution in [0.2, 0.25) is 0 Å². The topological polar surface area (TPSA) is 61.9 Å². The van der Waals surface area contributed by atoms with Crippen molar-refractivity contribution < 1.29 is 9.18 Å². The standard InChI is InChI=1S/C11H11FN4O/c1-16(7-8-5-14-15-6-8)11(17)9-2-3-13-10(12)4-9/h2-6H,7H2,1H3,(H,14,15). The van der Waals surface area contributed by atoms with E-state index in [1.165, 1.54) is 17.2 Å². The first-order valence-electron chi connectivity index (χ1n) is 5.01. The average molecular weight is 234 g/mol. The lowest BCUT2D eigenvalue weighted by Gasteiger charge is -2.15. The molecule has 1 amide bonds. The number of amides is 1. The molecule has 0 spiro atoms. The van der Waals surface area contributed by atoms with Gasteiger partial charge in [0.25, 0.3) is 5.91 Å². The van der Waals surface area contributed by atoms with E-state index in [9.17, 15) is 9.18 Å². The molecule has 5 nitrogen and oxygen atoms in total. The molecule has 0 unspecified atom stereocenters. The van der Waals surface area contributed by atoms with Crippen molar-refractivity contribution in [3.63, 3.8) is 0 Å². The molecule has 0 aromatic carbocycles. The number of aromatic amines is 1. The van der Waals surface area contributed by atoms with E-state index < -0.39 is 5.95 Å². The summed E-state index contributed by atoms with van der Waals surface area (Å²) in [7, 11) is 1.65. The zero-order valence-electron chi connectivity index (χ0n) is 9.22. The summed E-state index contributed by atoms with van der Waals surface area (Å²) in [5.74, 6) is -0.917. The summed E-state index contributed by atoms with van der Waals surface area (Å²) in [6.45, 7) is 0.416. The Morgan fingerprint density at radius 3 is 3.06 bits per heavy atom. The molecule has 0 fully saturated rings. The van der Waals surface area contributed by atoms with Crippen molar-refractivity contribution in [1.29, 1.82) is 0 Å². The second kappa shape index (κ2) is 4.73. The number of hydrogen-bond acceptors (Lipinski definition) is 3. The quantitative estimate of drug-likeness (QED) is 0.812. The molecule has 0 saturated carbocycles. The minimum Gasteiger partial charge on any atom is -0.337 e. The second-order valence-electron chi connectivity index (χ2n) is 3.64. The number of pyridine rings is 1. The molecule has 1 N–H and O–H groups in total. The number of nitrogens with zero attached hydrogens (tertiary/aromatic N) is 3. The Morgan fingerprint density at radius 2 is 2.41 bits per heavy atom. The van der Waals surface area contributed by atoms with Crippen LogP contribution in [-0.4, -0.2) is 33.0 Å². The van der Waals surface area contributed by atoms with Crippen LogP contribution >= 0.6 is 0 Å². The van der Waals surface area contributed by atoms with E-state index in [0.29, 0.717) is 6.54 Å². The lowest BCUT2D eigenvalue weighted by atomic mass is 10.2. The number of hydrogen-bond donors (Lipinski definition) is 1. The highest BCUT2D eigenvalue weighted by molar-refractivity contribution is 5.93. The SMILES string of the molecule is CN(Cc1cn[nH]c1)C(=O)c1ccnc(F)c1. The lowest BCUT2D eigenvalue weighted by molar-refractivity contribution is 0.0784. The molecule has 2 heterocycles. The van der Waals surface area contributed by atoms with Crippen LogP contribution in [-0.2, 0) is 6.54 Å². The van der Waals surface area contributed by atoms with Crippen molar-refractivity contribution in [3.05, 3.63) is 47.8 Å². The minimum absolute atomic E-state index is 0.257. The summed E-state index contributed by atoms with van der Waals surface area (Å²) in [5, 5.41) is 6.45. The van der Waals surface area contributed by atoms with Gasteiger partial charge in [-0.25, -0.2) is 4.98 Å². The van der Waals surface area contributed by atoms with Crippen LogP contribution in [0.4, 0.5) is 4.39 Å². The predicted molar refractivity (Wildman–Crippen MR) is 58.6 cm³/mol. The van der Waals surface area contributed by atoms with Gasteiger partial charge in [-0.3, -0.25) is 9.89 Å². The molecule has 0 aliphatic rings. The molecule has 0 aliphatic carbocycles. The molecule has 0 aliphatic heterocycles. The van der Waals surface area contributed by atoms with Crippen molar-refractivity contribution in [2.75, 3.05) is 7.05 Å². The van der Waals surface area contributed by atoms with Crippen molar-refractivity contribution in [3.8, 4) is 0 Å². The van der Waals surface area contributed by atoms with Crippen LogP contribution in [0, 0.1) is 5.95 Å². The maximum atomic E-state index is 12.9. The maximum Gasteiger partial charge on any atom is 0.254 e. The van der Waals surface area contributed by atoms with E-state index in [1.54, 1.807) is 19.4 Å². The number of nitrogens with one attached hydrogen (secondary N) is 1. The van der Waals surface area contributed by atoms with Crippen molar-refractivity contribution >= 4 is 5.91 Å². The summed E-state index contributed by atoms with van der Waals surface area (Å²) >= 11 is 0. The van der Waals surface area contributed by atoms with Gasteiger partial charge >= 0.3 is 0 Å². The van der Waals surface area contributed by atoms with Gasteiger partial charge in [-0.15, -0.1) is 0 Å². The highest BCUT2D eigenvalue weighted by atomic mass is 19.1. The number of carbonyl (C=O) groups is 1. The summed E-state index contributed by atoms with van der Waals surface area (Å²) in [6, 6.07) is 2.60. The molecular formula is C11H11FN4O. The Kier molecular flexibility index (Phi) is 3.13. The Morgan fingerprint density at radius 1 is 1.59 bits per heavy atom. The van der Waals surface area contributed by atoms with Gasteiger partial charge in [-0.1, -0.05) is 0 Å². The molecule has 2 rings (SSSR count). The van der Waals surface area contributed by atoms with Crippen LogP contribution < -0.4 is 0 Å². The largest absolute Gasteiger partial charge is 0.337 e. The first-order chi connectivity index (χ1) is 8.16. The molecule has 0 bridgehead atoms. The van der Waals surface area contributed by atoms with Gasteiger partial charge in [0, 0.05) is 43.2 Å². The molecule has 17 heavy (non-hydrogen) atoms. The number of rotatable bonds is 3. The van der Waals surface area contributed by atoms with Crippen LogP contribution in [0.3, 0.4) is 0 Å². The van der Waals surface area contributed by atoms with Gasteiger partial charge in [0.2, 0.25) is 5.95 Å². The smallest absolute Gasteiger partial charge is 0.254 e. The fourth-order valence-corrected chi connectivity index (χ4v) is 1.47. The Bertz CT molecular complexity index is 512. The molecule has 0 atom stereocenters. The Balaban J connectivity index is 2.09. The lowest BCUT2D eigenvalue weighted by Crippen LogP contribution is -2.26. The molecule has 2 aromatic heterocycles. The Labute approximate surface area is 97.3 Å². The van der Waals surface area contributed by atoms with Crippen molar-refractivity contribution in [2.45, 2.75) is 6.54 Å². The fourth-order valence-electron chi connectivity index (χ4n) is 1.47. The molecule has 88 valence electrons. The molecule has 6 heteroatoms. The second-order valence-corrected chi connectivity index (χ2v) is 3.64. The van der Waals surface area contributed by atoms with Crippen LogP contribution in [0.15, 0.2) is 30.7 Å². The molecule has 0 radical (unpaired) electrons. The van der Waals surface area contributed by atoms with Gasteiger partial charge in [0.05, 0.1) is 6.20 Å². The zero-order valence-corrected chi connectivity index (χ0v) is 9.22. The van der Waals surface area contributed by atoms with Gasteiger partial charge in [-0.05, 0) is 6.07 Å². The summed E-state index contributed by atoms with van der Waals surface area (Å²) in [6.07, 6.45) is 4.61. The number of H-pyrrole nitrogens is 1. The van der Waals surface area contributed by atoms with Gasteiger partial charge < -0.3 is 4.90 Å². The highest BCUT2D eigenvalue weighted by Gasteiger charge is 2.13. The minimum atomic E-state index is -0.660.